The molecule has 0 N–H and O–H groups in total. The van der Waals surface area contributed by atoms with Gasteiger partial charge in [0, 0.05) is 0 Å². The predicted octanol–water partition coefficient (Wildman–Crippen LogP) is 4.69. The summed E-state index contributed by atoms with van der Waals surface area (Å²) >= 11 is 0. The van der Waals surface area contributed by atoms with Crippen LogP contribution in [0.3, 0.4) is 0 Å². The zero-order valence-electron chi connectivity index (χ0n) is 14.7. The van der Waals surface area contributed by atoms with Gasteiger partial charge in [0.15, 0.2) is 0 Å². The standard InChI is InChI=1S/C15H29B.C3H9N/c1-14(13-16)15-11-9-7-5-3-2-4-6-8-10-12-15;1-4(2)3/h15H,1-13,16H2;1-3H3. The summed E-state index contributed by atoms with van der Waals surface area (Å²) in [5, 5.41) is 0. The quantitative estimate of drug-likeness (QED) is 0.523. The zero-order chi connectivity index (χ0) is 15.2. The van der Waals surface area contributed by atoms with E-state index in [1.54, 1.807) is 0 Å². The first-order chi connectivity index (χ1) is 9.57. The molecule has 0 bridgehead atoms. The van der Waals surface area contributed by atoms with Crippen molar-refractivity contribution in [2.45, 2.75) is 76.9 Å². The third-order valence-electron chi connectivity index (χ3n) is 4.14. The number of allylic oxidation sites excluding steroid dienone is 1. The monoisotopic (exact) mass is 279 g/mol. The number of hydrogen-bond donors (Lipinski definition) is 0. The van der Waals surface area contributed by atoms with Crippen LogP contribution in [0, 0.1) is 5.92 Å². The normalized spacial score (nSPS) is 19.4. The third-order valence-corrected chi connectivity index (χ3v) is 4.14. The van der Waals surface area contributed by atoms with Gasteiger partial charge in [0.1, 0.15) is 7.85 Å². The Balaban J connectivity index is 0.000000796. The lowest BCUT2D eigenvalue weighted by Gasteiger charge is -2.19. The Morgan fingerprint density at radius 3 is 1.45 bits per heavy atom. The van der Waals surface area contributed by atoms with Crippen molar-refractivity contribution in [2.24, 2.45) is 5.92 Å². The van der Waals surface area contributed by atoms with Gasteiger partial charge >= 0.3 is 0 Å². The Bertz CT molecular complexity index is 211. The summed E-state index contributed by atoms with van der Waals surface area (Å²) in [4.78, 5) is 2.00. The molecule has 0 unspecified atom stereocenters. The van der Waals surface area contributed by atoms with E-state index in [0.717, 1.165) is 5.92 Å². The average molecular weight is 279 g/mol. The highest BCUT2D eigenvalue weighted by atomic mass is 15.0. The highest BCUT2D eigenvalue weighted by Crippen LogP contribution is 2.26. The van der Waals surface area contributed by atoms with Crippen LogP contribution < -0.4 is 0 Å². The van der Waals surface area contributed by atoms with Crippen molar-refractivity contribution in [3.05, 3.63) is 12.2 Å². The topological polar surface area (TPSA) is 3.24 Å². The maximum absolute atomic E-state index is 4.27. The summed E-state index contributed by atoms with van der Waals surface area (Å²) in [5.74, 6) is 0.837. The molecule has 1 aliphatic carbocycles. The molecule has 20 heavy (non-hydrogen) atoms. The molecule has 0 spiro atoms. The molecule has 1 nitrogen and oxygen atoms in total. The summed E-state index contributed by atoms with van der Waals surface area (Å²) < 4.78 is 0. The fourth-order valence-corrected chi connectivity index (χ4v) is 2.86. The number of nitrogens with zero attached hydrogens (tertiary/aromatic N) is 1. The van der Waals surface area contributed by atoms with Crippen LogP contribution in [0.4, 0.5) is 0 Å². The molecule has 0 aromatic carbocycles. The summed E-state index contributed by atoms with van der Waals surface area (Å²) in [6.45, 7) is 4.27. The van der Waals surface area contributed by atoms with Crippen LogP contribution in [-0.4, -0.2) is 33.9 Å². The van der Waals surface area contributed by atoms with E-state index < -0.39 is 0 Å². The maximum Gasteiger partial charge on any atom is 0.106 e. The van der Waals surface area contributed by atoms with E-state index in [1.165, 1.54) is 82.5 Å². The first-order valence-electron chi connectivity index (χ1n) is 8.86. The van der Waals surface area contributed by atoms with E-state index in [-0.39, 0.29) is 0 Å². The fourth-order valence-electron chi connectivity index (χ4n) is 2.86. The van der Waals surface area contributed by atoms with Crippen LogP contribution in [-0.2, 0) is 0 Å². The Kier molecular flexibility index (Phi) is 13.6. The Morgan fingerprint density at radius 2 is 1.15 bits per heavy atom. The molecule has 2 heteroatoms. The highest BCUT2D eigenvalue weighted by molar-refractivity contribution is 6.10. The van der Waals surface area contributed by atoms with Gasteiger partial charge in [0.25, 0.3) is 0 Å². The molecule has 0 aliphatic heterocycles. The van der Waals surface area contributed by atoms with Crippen molar-refractivity contribution in [3.63, 3.8) is 0 Å². The van der Waals surface area contributed by atoms with Gasteiger partial charge < -0.3 is 4.90 Å². The minimum atomic E-state index is 0.837. The van der Waals surface area contributed by atoms with E-state index in [0.29, 0.717) is 0 Å². The van der Waals surface area contributed by atoms with Gasteiger partial charge in [-0.2, -0.15) is 0 Å². The fraction of sp³-hybridized carbons (Fsp3) is 0.889. The van der Waals surface area contributed by atoms with Crippen LogP contribution in [0.25, 0.3) is 0 Å². The molecule has 0 radical (unpaired) electrons. The molecule has 1 fully saturated rings. The summed E-state index contributed by atoms with van der Waals surface area (Å²) in [6.07, 6.45) is 17.1. The van der Waals surface area contributed by atoms with Crippen LogP contribution in [0.2, 0.25) is 6.32 Å². The van der Waals surface area contributed by atoms with Gasteiger partial charge in [-0.15, -0.1) is 6.58 Å². The predicted molar refractivity (Wildman–Crippen MR) is 96.4 cm³/mol. The number of hydrogen-bond acceptors (Lipinski definition) is 1. The first kappa shape index (κ1) is 19.8. The van der Waals surface area contributed by atoms with Crippen molar-refractivity contribution in [2.75, 3.05) is 21.1 Å². The third kappa shape index (κ3) is 12.8. The molecule has 0 saturated heterocycles. The molecule has 1 aliphatic rings. The van der Waals surface area contributed by atoms with Gasteiger partial charge in [-0.25, -0.2) is 0 Å². The second kappa shape index (κ2) is 13.7. The molecule has 0 aromatic heterocycles. The van der Waals surface area contributed by atoms with Crippen LogP contribution in [0.1, 0.15) is 70.6 Å². The van der Waals surface area contributed by atoms with E-state index in [9.17, 15) is 0 Å². The van der Waals surface area contributed by atoms with Gasteiger partial charge in [0.2, 0.25) is 0 Å². The molecule has 1 saturated carbocycles. The molecule has 1 rings (SSSR count). The number of rotatable bonds is 2. The van der Waals surface area contributed by atoms with Crippen molar-refractivity contribution >= 4 is 7.85 Å². The summed E-state index contributed by atoms with van der Waals surface area (Å²) in [5.41, 5.74) is 1.51. The second-order valence-electron chi connectivity index (χ2n) is 6.81. The Hall–Kier alpha value is -0.235. The van der Waals surface area contributed by atoms with Crippen molar-refractivity contribution < 1.29 is 0 Å². The molecule has 0 heterocycles. The maximum atomic E-state index is 4.27. The van der Waals surface area contributed by atoms with E-state index >= 15 is 0 Å². The van der Waals surface area contributed by atoms with Crippen LogP contribution in [0.5, 0.6) is 0 Å². The minimum absolute atomic E-state index is 0.837. The lowest BCUT2D eigenvalue weighted by molar-refractivity contribution is 0.436. The summed E-state index contributed by atoms with van der Waals surface area (Å²) in [7, 11) is 8.26. The van der Waals surface area contributed by atoms with Crippen molar-refractivity contribution in [1.82, 2.24) is 4.90 Å². The molecule has 0 aromatic rings. The molecule has 0 atom stereocenters. The van der Waals surface area contributed by atoms with E-state index in [1.807, 2.05) is 26.0 Å². The molecular weight excluding hydrogens is 241 g/mol. The van der Waals surface area contributed by atoms with Crippen LogP contribution in [0.15, 0.2) is 12.2 Å². The Morgan fingerprint density at radius 1 is 0.850 bits per heavy atom. The van der Waals surface area contributed by atoms with E-state index in [4.69, 9.17) is 0 Å². The zero-order valence-corrected chi connectivity index (χ0v) is 14.7. The van der Waals surface area contributed by atoms with Gasteiger partial charge in [-0.3, -0.25) is 0 Å². The minimum Gasteiger partial charge on any atom is -0.312 e. The first-order valence-corrected chi connectivity index (χ1v) is 8.86. The SMILES string of the molecule is BCC(=C)C1CCCCCCCCCCC1.CN(C)C. The highest BCUT2D eigenvalue weighted by Gasteiger charge is 2.11. The molecule has 0 amide bonds. The average Bonchev–Trinajstić information content (AvgIpc) is 2.38. The Labute approximate surface area is 129 Å². The van der Waals surface area contributed by atoms with Crippen molar-refractivity contribution in [3.8, 4) is 0 Å². The molecular formula is C18H38BN. The van der Waals surface area contributed by atoms with Gasteiger partial charge in [0.05, 0.1) is 0 Å². The summed E-state index contributed by atoms with van der Waals surface area (Å²) in [6, 6.07) is 0. The van der Waals surface area contributed by atoms with Crippen molar-refractivity contribution in [1.29, 1.82) is 0 Å². The van der Waals surface area contributed by atoms with E-state index in [2.05, 4.69) is 14.4 Å². The van der Waals surface area contributed by atoms with Gasteiger partial charge in [-0.1, -0.05) is 69.7 Å². The second-order valence-corrected chi connectivity index (χ2v) is 6.81. The lowest BCUT2D eigenvalue weighted by atomic mass is 9.82. The smallest absolute Gasteiger partial charge is 0.106 e. The lowest BCUT2D eigenvalue weighted by Crippen LogP contribution is -2.04. The molecule has 118 valence electrons. The van der Waals surface area contributed by atoms with Crippen LogP contribution >= 0.6 is 0 Å². The van der Waals surface area contributed by atoms with Gasteiger partial charge in [-0.05, 0) is 39.9 Å². The largest absolute Gasteiger partial charge is 0.312 e.